The number of carbonyl (C=O) groups excluding carboxylic acids is 1. The molecule has 6 heteroatoms. The number of carbonyl (C=O) groups is 1. The molecule has 0 unspecified atom stereocenters. The monoisotopic (exact) mass is 402 g/mol. The van der Waals surface area contributed by atoms with Crippen LogP contribution in [-0.4, -0.2) is 25.0 Å². The number of nitrogens with two attached hydrogens (primary N) is 1. The summed E-state index contributed by atoms with van der Waals surface area (Å²) < 4.78 is 0.885. The van der Waals surface area contributed by atoms with Crippen molar-refractivity contribution in [2.75, 3.05) is 18.4 Å². The Morgan fingerprint density at radius 1 is 1.20 bits per heavy atom. The molecule has 0 saturated carbocycles. The Morgan fingerprint density at radius 2 is 1.96 bits per heavy atom. The van der Waals surface area contributed by atoms with E-state index in [0.717, 1.165) is 23.0 Å². The summed E-state index contributed by atoms with van der Waals surface area (Å²) in [6.07, 6.45) is 1.73. The number of amides is 1. The fourth-order valence-electron chi connectivity index (χ4n) is 2.22. The van der Waals surface area contributed by atoms with Crippen LogP contribution >= 0.6 is 15.9 Å². The van der Waals surface area contributed by atoms with Crippen molar-refractivity contribution in [2.24, 2.45) is 10.7 Å². The first-order valence-electron chi connectivity index (χ1n) is 8.28. The van der Waals surface area contributed by atoms with Gasteiger partial charge in [0.15, 0.2) is 5.96 Å². The van der Waals surface area contributed by atoms with Gasteiger partial charge in [-0.25, -0.2) is 0 Å². The highest BCUT2D eigenvalue weighted by Gasteiger charge is 2.04. The van der Waals surface area contributed by atoms with Gasteiger partial charge in [0.05, 0.1) is 0 Å². The van der Waals surface area contributed by atoms with Gasteiger partial charge in [-0.05, 0) is 48.7 Å². The maximum Gasteiger partial charge on any atom is 0.251 e. The van der Waals surface area contributed by atoms with Crippen LogP contribution in [0.1, 0.15) is 29.3 Å². The van der Waals surface area contributed by atoms with Gasteiger partial charge >= 0.3 is 0 Å². The van der Waals surface area contributed by atoms with Gasteiger partial charge in [0.25, 0.3) is 5.91 Å². The highest BCUT2D eigenvalue weighted by Crippen LogP contribution is 2.11. The van der Waals surface area contributed by atoms with Crippen molar-refractivity contribution >= 4 is 33.5 Å². The maximum absolute atomic E-state index is 12.0. The van der Waals surface area contributed by atoms with Crippen LogP contribution < -0.4 is 16.4 Å². The van der Waals surface area contributed by atoms with Gasteiger partial charge in [0, 0.05) is 28.8 Å². The number of hydrogen-bond acceptors (Lipinski definition) is 2. The van der Waals surface area contributed by atoms with Crippen LogP contribution in [0.15, 0.2) is 58.0 Å². The van der Waals surface area contributed by atoms with E-state index in [1.165, 1.54) is 5.56 Å². The number of nitrogens with zero attached hydrogens (tertiary/aromatic N) is 1. The molecule has 1 amide bonds. The molecule has 2 aromatic carbocycles. The van der Waals surface area contributed by atoms with E-state index in [1.54, 1.807) is 12.1 Å². The van der Waals surface area contributed by atoms with Crippen LogP contribution in [-0.2, 0) is 6.42 Å². The number of halogens is 1. The van der Waals surface area contributed by atoms with Crippen molar-refractivity contribution in [1.29, 1.82) is 0 Å². The van der Waals surface area contributed by atoms with Crippen LogP contribution in [0.3, 0.4) is 0 Å². The molecule has 0 atom stereocenters. The van der Waals surface area contributed by atoms with E-state index in [0.29, 0.717) is 24.6 Å². The molecule has 0 aliphatic heterocycles. The first-order valence-corrected chi connectivity index (χ1v) is 9.07. The number of rotatable bonds is 7. The highest BCUT2D eigenvalue weighted by molar-refractivity contribution is 9.10. The van der Waals surface area contributed by atoms with E-state index in [9.17, 15) is 4.79 Å². The molecule has 0 radical (unpaired) electrons. The number of benzene rings is 2. The minimum Gasteiger partial charge on any atom is -0.370 e. The topological polar surface area (TPSA) is 79.5 Å². The van der Waals surface area contributed by atoms with Gasteiger partial charge in [-0.1, -0.05) is 41.1 Å². The summed E-state index contributed by atoms with van der Waals surface area (Å²) in [5.74, 6) is 0.287. The molecule has 0 aromatic heterocycles. The molecule has 0 aliphatic rings. The summed E-state index contributed by atoms with van der Waals surface area (Å²) in [4.78, 5) is 16.3. The molecule has 2 rings (SSSR count). The summed E-state index contributed by atoms with van der Waals surface area (Å²) >= 11 is 3.36. The molecule has 0 fully saturated rings. The summed E-state index contributed by atoms with van der Waals surface area (Å²) in [7, 11) is 0. The fourth-order valence-corrected chi connectivity index (χ4v) is 2.62. The minimum atomic E-state index is -0.0904. The lowest BCUT2D eigenvalue weighted by atomic mass is 10.1. The smallest absolute Gasteiger partial charge is 0.251 e. The molecule has 4 N–H and O–H groups in total. The first kappa shape index (κ1) is 19.0. The lowest BCUT2D eigenvalue weighted by molar-refractivity contribution is 0.0953. The third-order valence-electron chi connectivity index (χ3n) is 3.62. The highest BCUT2D eigenvalue weighted by atomic mass is 79.9. The summed E-state index contributed by atoms with van der Waals surface area (Å²) in [5, 5.41) is 5.93. The van der Waals surface area contributed by atoms with Crippen LogP contribution in [0.4, 0.5) is 5.69 Å². The second kappa shape index (κ2) is 9.84. The van der Waals surface area contributed by atoms with E-state index in [4.69, 9.17) is 5.73 Å². The van der Waals surface area contributed by atoms with Crippen molar-refractivity contribution in [3.8, 4) is 0 Å². The molecule has 0 saturated heterocycles. The van der Waals surface area contributed by atoms with Crippen molar-refractivity contribution in [3.05, 3.63) is 64.1 Å². The maximum atomic E-state index is 12.0. The predicted octanol–water partition coefficient (Wildman–Crippen LogP) is 3.56. The molecule has 132 valence electrons. The minimum absolute atomic E-state index is 0.0904. The van der Waals surface area contributed by atoms with E-state index in [2.05, 4.69) is 50.6 Å². The number of anilines is 1. The van der Waals surface area contributed by atoms with Crippen LogP contribution in [0, 0.1) is 0 Å². The zero-order valence-corrected chi connectivity index (χ0v) is 15.8. The van der Waals surface area contributed by atoms with Crippen LogP contribution in [0.5, 0.6) is 0 Å². The fraction of sp³-hybridized carbons (Fsp3) is 0.263. The number of hydrogen-bond donors (Lipinski definition) is 3. The number of nitrogens with one attached hydrogen (secondary N) is 2. The molecule has 0 aliphatic carbocycles. The average molecular weight is 403 g/mol. The zero-order valence-electron chi connectivity index (χ0n) is 14.3. The van der Waals surface area contributed by atoms with E-state index in [1.807, 2.05) is 24.3 Å². The molecule has 0 heterocycles. The number of aryl methyl sites for hydroxylation is 1. The Balaban J connectivity index is 1.70. The Morgan fingerprint density at radius 3 is 2.64 bits per heavy atom. The summed E-state index contributed by atoms with van der Waals surface area (Å²) in [6.45, 7) is 3.21. The van der Waals surface area contributed by atoms with Gasteiger partial charge in [0.2, 0.25) is 0 Å². The van der Waals surface area contributed by atoms with Gasteiger partial charge in [-0.15, -0.1) is 0 Å². The number of guanidine groups is 1. The largest absolute Gasteiger partial charge is 0.370 e. The lowest BCUT2D eigenvalue weighted by Crippen LogP contribution is -2.26. The first-order chi connectivity index (χ1) is 12.1. The SMILES string of the molecule is CCc1ccc(NC(N)=NCCCNC(=O)c2cccc(Br)c2)cc1. The molecule has 0 bridgehead atoms. The number of aliphatic imine (C=N–C) groups is 1. The van der Waals surface area contributed by atoms with Crippen molar-refractivity contribution < 1.29 is 4.79 Å². The van der Waals surface area contributed by atoms with Crippen LogP contribution in [0.2, 0.25) is 0 Å². The third kappa shape index (κ3) is 6.58. The molecule has 5 nitrogen and oxygen atoms in total. The quantitative estimate of drug-likeness (QED) is 0.376. The predicted molar refractivity (Wildman–Crippen MR) is 107 cm³/mol. The summed E-state index contributed by atoms with van der Waals surface area (Å²) in [6, 6.07) is 15.4. The van der Waals surface area contributed by atoms with Crippen LogP contribution in [0.25, 0.3) is 0 Å². The van der Waals surface area contributed by atoms with E-state index >= 15 is 0 Å². The van der Waals surface area contributed by atoms with E-state index in [-0.39, 0.29) is 5.91 Å². The second-order valence-corrected chi connectivity index (χ2v) is 6.48. The molecular weight excluding hydrogens is 380 g/mol. The van der Waals surface area contributed by atoms with Gasteiger partial charge in [-0.2, -0.15) is 0 Å². The lowest BCUT2D eigenvalue weighted by Gasteiger charge is -2.07. The zero-order chi connectivity index (χ0) is 18.1. The Hall–Kier alpha value is -2.34. The average Bonchev–Trinajstić information content (AvgIpc) is 2.62. The normalized spacial score (nSPS) is 11.2. The molecule has 25 heavy (non-hydrogen) atoms. The Kier molecular flexibility index (Phi) is 7.47. The van der Waals surface area contributed by atoms with Crippen molar-refractivity contribution in [2.45, 2.75) is 19.8 Å². The standard InChI is InChI=1S/C19H23BrN4O/c1-2-14-7-9-17(10-8-14)24-19(21)23-12-4-11-22-18(25)15-5-3-6-16(20)13-15/h3,5-10,13H,2,4,11-12H2,1H3,(H,22,25)(H3,21,23,24). The van der Waals surface area contributed by atoms with Crippen molar-refractivity contribution in [1.82, 2.24) is 5.32 Å². The molecule has 2 aromatic rings. The van der Waals surface area contributed by atoms with Gasteiger partial charge in [-0.3, -0.25) is 9.79 Å². The van der Waals surface area contributed by atoms with E-state index < -0.39 is 0 Å². The Bertz CT molecular complexity index is 728. The van der Waals surface area contributed by atoms with Gasteiger partial charge in [0.1, 0.15) is 0 Å². The summed E-state index contributed by atoms with van der Waals surface area (Å²) in [5.41, 5.74) is 8.70. The Labute approximate surface area is 156 Å². The third-order valence-corrected chi connectivity index (χ3v) is 4.12. The molecule has 0 spiro atoms. The van der Waals surface area contributed by atoms with Crippen molar-refractivity contribution in [3.63, 3.8) is 0 Å². The van der Waals surface area contributed by atoms with Gasteiger partial charge < -0.3 is 16.4 Å². The second-order valence-electron chi connectivity index (χ2n) is 5.56. The molecular formula is C19H23BrN4O.